The predicted octanol–water partition coefficient (Wildman–Crippen LogP) is 0.948. The van der Waals surface area contributed by atoms with E-state index in [9.17, 15) is 28.2 Å². The van der Waals surface area contributed by atoms with E-state index in [1.165, 1.54) is 6.92 Å². The van der Waals surface area contributed by atoms with Crippen molar-refractivity contribution in [1.82, 2.24) is 0 Å². The number of nitrogens with one attached hydrogen (secondary N) is 1. The topological polar surface area (TPSA) is 105 Å². The summed E-state index contributed by atoms with van der Waals surface area (Å²) in [5, 5.41) is 19.5. The monoisotopic (exact) mass is 308 g/mol. The normalized spacial score (nSPS) is 14.4. The van der Waals surface area contributed by atoms with Gasteiger partial charge in [0.2, 0.25) is 0 Å². The summed E-state index contributed by atoms with van der Waals surface area (Å²) < 4.78 is 42.2. The summed E-state index contributed by atoms with van der Waals surface area (Å²) >= 11 is 0. The number of hydrogen-bond acceptors (Lipinski definition) is 6. The third kappa shape index (κ3) is 4.06. The Morgan fingerprint density at radius 2 is 2.05 bits per heavy atom. The van der Waals surface area contributed by atoms with Crippen LogP contribution in [0.4, 0.5) is 18.9 Å². The van der Waals surface area contributed by atoms with Crippen molar-refractivity contribution in [3.8, 4) is 0 Å². The van der Waals surface area contributed by atoms with E-state index >= 15 is 0 Å². The van der Waals surface area contributed by atoms with Crippen LogP contribution in [0.25, 0.3) is 0 Å². The molecule has 0 fully saturated rings. The minimum Gasteiger partial charge on any atom is -0.464 e. The van der Waals surface area contributed by atoms with Gasteiger partial charge in [-0.1, -0.05) is 6.07 Å². The van der Waals surface area contributed by atoms with Crippen molar-refractivity contribution in [1.29, 1.82) is 0 Å². The van der Waals surface area contributed by atoms with Crippen LogP contribution in [0.3, 0.4) is 0 Å². The molecule has 0 aliphatic heterocycles. The summed E-state index contributed by atoms with van der Waals surface area (Å²) in [7, 11) is 0. The predicted molar refractivity (Wildman–Crippen MR) is 66.9 cm³/mol. The zero-order valence-electron chi connectivity index (χ0n) is 11.0. The van der Waals surface area contributed by atoms with Gasteiger partial charge in [-0.2, -0.15) is 13.2 Å². The number of hydrogen-bond donors (Lipinski definition) is 4. The van der Waals surface area contributed by atoms with Crippen molar-refractivity contribution < 1.29 is 32.9 Å². The maximum atomic E-state index is 12.6. The highest BCUT2D eigenvalue weighted by Crippen LogP contribution is 2.34. The van der Waals surface area contributed by atoms with Crippen LogP contribution in [0, 0.1) is 0 Å². The fourth-order valence-corrected chi connectivity index (χ4v) is 1.64. The fourth-order valence-electron chi connectivity index (χ4n) is 1.64. The summed E-state index contributed by atoms with van der Waals surface area (Å²) in [6, 6.07) is 2.29. The van der Waals surface area contributed by atoms with Gasteiger partial charge in [-0.05, 0) is 19.1 Å². The molecule has 0 aliphatic carbocycles. The highest BCUT2D eigenvalue weighted by Gasteiger charge is 2.33. The molecule has 0 spiro atoms. The number of nitrogens with two attached hydrogens (primary N) is 1. The number of anilines is 1. The number of nitrogen functional groups attached to an aromatic ring is 1. The Morgan fingerprint density at radius 1 is 1.43 bits per heavy atom. The molecular formula is C12H15F3N2O4. The lowest BCUT2D eigenvalue weighted by atomic mass is 10.00. The first-order valence-corrected chi connectivity index (χ1v) is 5.92. The van der Waals surface area contributed by atoms with E-state index < -0.39 is 29.9 Å². The molecule has 0 aliphatic rings. The fraction of sp³-hybridized carbons (Fsp3) is 0.417. The van der Waals surface area contributed by atoms with Crippen molar-refractivity contribution in [2.75, 3.05) is 12.0 Å². The molecule has 9 heteroatoms. The number of benzene rings is 1. The van der Waals surface area contributed by atoms with Gasteiger partial charge in [0.05, 0.1) is 17.9 Å². The lowest BCUT2D eigenvalue weighted by molar-refractivity contribution is -0.159. The average Bonchev–Trinajstić information content (AvgIpc) is 2.44. The molecule has 6 nitrogen and oxygen atoms in total. The summed E-state index contributed by atoms with van der Waals surface area (Å²) in [6.45, 7) is 1.49. The van der Waals surface area contributed by atoms with Crippen LogP contribution in [-0.2, 0) is 15.7 Å². The van der Waals surface area contributed by atoms with Crippen LogP contribution in [0.15, 0.2) is 18.2 Å². The van der Waals surface area contributed by atoms with Crippen molar-refractivity contribution in [3.63, 3.8) is 0 Å². The number of carbonyl (C=O) groups is 1. The molecule has 0 radical (unpaired) electrons. The molecule has 118 valence electrons. The van der Waals surface area contributed by atoms with E-state index in [-0.39, 0.29) is 17.9 Å². The second kappa shape index (κ2) is 6.74. The maximum absolute atomic E-state index is 12.6. The van der Waals surface area contributed by atoms with Crippen LogP contribution in [0.1, 0.15) is 24.2 Å². The van der Waals surface area contributed by atoms with E-state index in [0.29, 0.717) is 12.1 Å². The van der Waals surface area contributed by atoms with Gasteiger partial charge in [-0.15, -0.1) is 0 Å². The lowest BCUT2D eigenvalue weighted by Crippen LogP contribution is -2.30. The average molecular weight is 308 g/mol. The summed E-state index contributed by atoms with van der Waals surface area (Å²) in [5.74, 6) is 4.02. The Labute approximate surface area is 118 Å². The molecular weight excluding hydrogens is 293 g/mol. The first-order valence-electron chi connectivity index (χ1n) is 5.92. The number of esters is 1. The second-order valence-electron chi connectivity index (χ2n) is 4.09. The number of ether oxygens (including phenoxy) is 1. The summed E-state index contributed by atoms with van der Waals surface area (Å²) in [6.07, 6.45) is -8.30. The van der Waals surface area contributed by atoms with Gasteiger partial charge in [-0.3, -0.25) is 5.84 Å². The number of carbonyl (C=O) groups excluding carboxylic acids is 1. The highest BCUT2D eigenvalue weighted by molar-refractivity contribution is 5.76. The van der Waals surface area contributed by atoms with Crippen LogP contribution in [0.5, 0.6) is 0 Å². The van der Waals surface area contributed by atoms with E-state index in [2.05, 4.69) is 4.74 Å². The van der Waals surface area contributed by atoms with Crippen molar-refractivity contribution in [2.45, 2.75) is 25.3 Å². The Kier molecular flexibility index (Phi) is 5.53. The highest BCUT2D eigenvalue weighted by atomic mass is 19.4. The maximum Gasteiger partial charge on any atom is 0.416 e. The zero-order chi connectivity index (χ0) is 16.2. The molecule has 0 saturated carbocycles. The molecule has 1 rings (SSSR count). The van der Waals surface area contributed by atoms with Crippen molar-refractivity contribution in [3.05, 3.63) is 29.3 Å². The van der Waals surface area contributed by atoms with Crippen LogP contribution < -0.4 is 11.3 Å². The van der Waals surface area contributed by atoms with Crippen LogP contribution in [0.2, 0.25) is 0 Å². The molecule has 0 saturated heterocycles. The molecule has 1 aromatic rings. The van der Waals surface area contributed by atoms with E-state index in [4.69, 9.17) is 5.84 Å². The van der Waals surface area contributed by atoms with Crippen LogP contribution >= 0.6 is 0 Å². The Balaban J connectivity index is 3.10. The third-order valence-corrected chi connectivity index (χ3v) is 2.68. The molecule has 0 heterocycles. The molecule has 5 N–H and O–H groups in total. The largest absolute Gasteiger partial charge is 0.464 e. The standard InChI is InChI=1S/C12H15F3N2O4/c1-2-21-11(20)10(19)9(18)7-4-3-6(12(13,14)15)5-8(7)17-16/h3-5,9-10,17-19H,2,16H2,1H3. The Bertz CT molecular complexity index is 508. The summed E-state index contributed by atoms with van der Waals surface area (Å²) in [4.78, 5) is 11.3. The first-order chi connectivity index (χ1) is 9.72. The van der Waals surface area contributed by atoms with Crippen molar-refractivity contribution in [2.24, 2.45) is 5.84 Å². The van der Waals surface area contributed by atoms with Gasteiger partial charge in [-0.25, -0.2) is 4.79 Å². The van der Waals surface area contributed by atoms with Gasteiger partial charge in [0, 0.05) is 5.56 Å². The Morgan fingerprint density at radius 3 is 2.52 bits per heavy atom. The second-order valence-corrected chi connectivity index (χ2v) is 4.09. The number of hydrazine groups is 1. The number of alkyl halides is 3. The molecule has 21 heavy (non-hydrogen) atoms. The van der Waals surface area contributed by atoms with Gasteiger partial charge in [0.15, 0.2) is 6.10 Å². The molecule has 1 aromatic carbocycles. The minimum absolute atomic E-state index is 0.0162. The van der Waals surface area contributed by atoms with E-state index in [1.807, 2.05) is 5.43 Å². The van der Waals surface area contributed by atoms with Gasteiger partial charge >= 0.3 is 12.1 Å². The SMILES string of the molecule is CCOC(=O)C(O)C(O)c1ccc(C(F)(F)F)cc1NN. The summed E-state index contributed by atoms with van der Waals surface area (Å²) in [5.41, 5.74) is 0.578. The quantitative estimate of drug-likeness (QED) is 0.367. The Hall–Kier alpha value is -1.84. The first kappa shape index (κ1) is 17.2. The van der Waals surface area contributed by atoms with Crippen molar-refractivity contribution >= 4 is 11.7 Å². The number of halogens is 3. The van der Waals surface area contributed by atoms with Crippen LogP contribution in [-0.4, -0.2) is 28.9 Å². The molecule has 0 bridgehead atoms. The molecule has 0 aromatic heterocycles. The van der Waals surface area contributed by atoms with E-state index in [0.717, 1.165) is 6.07 Å². The number of rotatable bonds is 5. The molecule has 0 amide bonds. The van der Waals surface area contributed by atoms with Gasteiger partial charge < -0.3 is 20.4 Å². The van der Waals surface area contributed by atoms with E-state index in [1.54, 1.807) is 0 Å². The molecule has 2 atom stereocenters. The van der Waals surface area contributed by atoms with Gasteiger partial charge in [0.1, 0.15) is 6.10 Å². The number of aliphatic hydroxyl groups is 2. The smallest absolute Gasteiger partial charge is 0.416 e. The third-order valence-electron chi connectivity index (χ3n) is 2.68. The lowest BCUT2D eigenvalue weighted by Gasteiger charge is -2.20. The minimum atomic E-state index is -4.59. The molecule has 2 unspecified atom stereocenters. The number of aliphatic hydroxyl groups excluding tert-OH is 2. The zero-order valence-corrected chi connectivity index (χ0v) is 11.0. The van der Waals surface area contributed by atoms with Gasteiger partial charge in [0.25, 0.3) is 0 Å².